The number of rotatable bonds is 1. The van der Waals surface area contributed by atoms with E-state index < -0.39 is 23.0 Å². The van der Waals surface area contributed by atoms with Gasteiger partial charge in [0.1, 0.15) is 5.82 Å². The van der Waals surface area contributed by atoms with Crippen molar-refractivity contribution in [1.82, 2.24) is 0 Å². The molecule has 2 aromatic carbocycles. The number of fused-ring (bicyclic) bond motifs is 2. The molecule has 2 aliphatic rings. The predicted octanol–water partition coefficient (Wildman–Crippen LogP) is 6.14. The van der Waals surface area contributed by atoms with E-state index in [2.05, 4.69) is 4.99 Å². The Morgan fingerprint density at radius 2 is 1.88 bits per heavy atom. The Balaban J connectivity index is 1.73. The van der Waals surface area contributed by atoms with Gasteiger partial charge < -0.3 is 0 Å². The van der Waals surface area contributed by atoms with Crippen molar-refractivity contribution in [3.8, 4) is 0 Å². The van der Waals surface area contributed by atoms with Crippen LogP contribution in [0.3, 0.4) is 0 Å². The van der Waals surface area contributed by atoms with Crippen molar-refractivity contribution in [2.24, 2.45) is 4.99 Å². The van der Waals surface area contributed by atoms with Crippen LogP contribution in [0.5, 0.6) is 0 Å². The molecule has 1 aliphatic heterocycles. The first kappa shape index (κ1) is 17.3. The van der Waals surface area contributed by atoms with E-state index in [1.54, 1.807) is 0 Å². The van der Waals surface area contributed by atoms with Crippen LogP contribution in [0.4, 0.5) is 23.2 Å². The van der Waals surface area contributed by atoms with Gasteiger partial charge in [0.15, 0.2) is 0 Å². The third kappa shape index (κ3) is 2.67. The summed E-state index contributed by atoms with van der Waals surface area (Å²) in [5.74, 6) is -1.38. The van der Waals surface area contributed by atoms with Gasteiger partial charge in [-0.15, -0.1) is 0 Å². The van der Waals surface area contributed by atoms with Crippen molar-refractivity contribution >= 4 is 29.0 Å². The zero-order valence-corrected chi connectivity index (χ0v) is 14.5. The van der Waals surface area contributed by atoms with Gasteiger partial charge in [-0.25, -0.2) is 4.39 Å². The molecule has 1 fully saturated rings. The maximum absolute atomic E-state index is 13.6. The molecule has 2 unspecified atom stereocenters. The number of para-hydroxylation sites is 1. The van der Waals surface area contributed by atoms with E-state index in [4.69, 9.17) is 12.2 Å². The third-order valence-corrected chi connectivity index (χ3v) is 5.93. The molecule has 1 aliphatic carbocycles. The summed E-state index contributed by atoms with van der Waals surface area (Å²) in [5.41, 5.74) is 0.622. The maximum atomic E-state index is 13.6. The van der Waals surface area contributed by atoms with Gasteiger partial charge in [0.05, 0.1) is 16.7 Å². The molecule has 1 nitrogen and oxygen atoms in total. The van der Waals surface area contributed by atoms with E-state index in [9.17, 15) is 17.6 Å². The molecule has 134 valence electrons. The highest BCUT2D eigenvalue weighted by Crippen LogP contribution is 2.49. The predicted molar refractivity (Wildman–Crippen MR) is 96.9 cm³/mol. The molecule has 0 aromatic heterocycles. The normalized spacial score (nSPS) is 24.9. The molecule has 1 heterocycles. The van der Waals surface area contributed by atoms with Gasteiger partial charge in [-0.2, -0.15) is 13.2 Å². The van der Waals surface area contributed by atoms with Crippen molar-refractivity contribution in [2.45, 2.75) is 36.8 Å². The Hall–Kier alpha value is -2.08. The van der Waals surface area contributed by atoms with E-state index in [1.165, 1.54) is 6.07 Å². The fourth-order valence-electron chi connectivity index (χ4n) is 4.03. The van der Waals surface area contributed by atoms with Gasteiger partial charge in [0.2, 0.25) is 0 Å². The number of thiocarbonyl (C=S) groups is 1. The van der Waals surface area contributed by atoms with Crippen LogP contribution in [0.15, 0.2) is 47.5 Å². The molecule has 0 bridgehead atoms. The summed E-state index contributed by atoms with van der Waals surface area (Å²) in [6, 6.07) is 11.0. The average molecular weight is 377 g/mol. The Labute approximate surface area is 153 Å². The van der Waals surface area contributed by atoms with Gasteiger partial charge in [0.25, 0.3) is 0 Å². The molecule has 2 atom stereocenters. The second-order valence-corrected chi connectivity index (χ2v) is 7.34. The summed E-state index contributed by atoms with van der Waals surface area (Å²) >= 11 is 5.63. The van der Waals surface area contributed by atoms with Crippen LogP contribution < -0.4 is 0 Å². The van der Waals surface area contributed by atoms with Gasteiger partial charge in [-0.3, -0.25) is 4.99 Å². The summed E-state index contributed by atoms with van der Waals surface area (Å²) in [6.07, 6.45) is -1.04. The molecule has 2 aromatic rings. The minimum absolute atomic E-state index is 0.138. The SMILES string of the molecule is Fc1ccc(C2CCC(=S)C3(C=Nc4ccccc43)C2)cc1C(F)(F)F. The molecule has 1 spiro atoms. The molecule has 0 N–H and O–H groups in total. The fourth-order valence-corrected chi connectivity index (χ4v) is 4.39. The first-order valence-corrected chi connectivity index (χ1v) is 8.77. The molecule has 0 radical (unpaired) electrons. The molecule has 0 saturated heterocycles. The van der Waals surface area contributed by atoms with Crippen molar-refractivity contribution in [3.63, 3.8) is 0 Å². The van der Waals surface area contributed by atoms with E-state index in [-0.39, 0.29) is 5.92 Å². The highest BCUT2D eigenvalue weighted by Gasteiger charge is 2.45. The highest BCUT2D eigenvalue weighted by molar-refractivity contribution is 7.80. The highest BCUT2D eigenvalue weighted by atomic mass is 32.1. The molecular weight excluding hydrogens is 362 g/mol. The first-order valence-electron chi connectivity index (χ1n) is 8.36. The van der Waals surface area contributed by atoms with Gasteiger partial charge >= 0.3 is 6.18 Å². The fraction of sp³-hybridized carbons (Fsp3) is 0.300. The molecular formula is C20H15F4NS. The summed E-state index contributed by atoms with van der Waals surface area (Å²) in [7, 11) is 0. The molecule has 26 heavy (non-hydrogen) atoms. The lowest BCUT2D eigenvalue weighted by Gasteiger charge is -2.38. The number of alkyl halides is 3. The molecule has 4 rings (SSSR count). The van der Waals surface area contributed by atoms with Crippen LogP contribution >= 0.6 is 12.2 Å². The topological polar surface area (TPSA) is 12.4 Å². The minimum atomic E-state index is -4.71. The molecule has 6 heteroatoms. The summed E-state index contributed by atoms with van der Waals surface area (Å²) in [6.45, 7) is 0. The zero-order valence-electron chi connectivity index (χ0n) is 13.7. The van der Waals surface area contributed by atoms with Crippen LogP contribution in [-0.4, -0.2) is 11.1 Å². The minimum Gasteiger partial charge on any atom is -0.260 e. The van der Waals surface area contributed by atoms with E-state index in [0.29, 0.717) is 24.8 Å². The van der Waals surface area contributed by atoms with Crippen molar-refractivity contribution in [1.29, 1.82) is 0 Å². The van der Waals surface area contributed by atoms with Crippen LogP contribution in [0, 0.1) is 5.82 Å². The number of aliphatic imine (C=N–C) groups is 1. The van der Waals surface area contributed by atoms with Crippen LogP contribution in [-0.2, 0) is 11.6 Å². The van der Waals surface area contributed by atoms with Crippen molar-refractivity contribution in [3.05, 3.63) is 65.0 Å². The lowest BCUT2D eigenvalue weighted by Crippen LogP contribution is -2.40. The number of benzene rings is 2. The van der Waals surface area contributed by atoms with Crippen molar-refractivity contribution in [2.75, 3.05) is 0 Å². The standard InChI is InChI=1S/C20H15F4NS/c21-16-7-5-12(9-15(16)20(22,23)24)13-6-8-18(26)19(10-13)11-25-17-4-2-1-3-14(17)19/h1-5,7,9,11,13H,6,8,10H2. The average Bonchev–Trinajstić information content (AvgIpc) is 2.97. The Morgan fingerprint density at radius 3 is 2.65 bits per heavy atom. The van der Waals surface area contributed by atoms with E-state index >= 15 is 0 Å². The van der Waals surface area contributed by atoms with E-state index in [1.807, 2.05) is 30.5 Å². The second-order valence-electron chi connectivity index (χ2n) is 6.85. The monoisotopic (exact) mass is 377 g/mol. The maximum Gasteiger partial charge on any atom is 0.419 e. The Kier molecular flexibility index (Phi) is 3.99. The quantitative estimate of drug-likeness (QED) is 0.430. The number of halogens is 4. The van der Waals surface area contributed by atoms with Gasteiger partial charge in [-0.1, -0.05) is 36.5 Å². The second kappa shape index (κ2) is 5.98. The smallest absolute Gasteiger partial charge is 0.260 e. The summed E-state index contributed by atoms with van der Waals surface area (Å²) in [5, 5.41) is 0. The number of hydrogen-bond acceptors (Lipinski definition) is 2. The summed E-state index contributed by atoms with van der Waals surface area (Å²) < 4.78 is 52.8. The Bertz CT molecular complexity index is 918. The van der Waals surface area contributed by atoms with Crippen molar-refractivity contribution < 1.29 is 17.6 Å². The van der Waals surface area contributed by atoms with Crippen LogP contribution in [0.25, 0.3) is 0 Å². The van der Waals surface area contributed by atoms with Gasteiger partial charge in [0, 0.05) is 11.1 Å². The Morgan fingerprint density at radius 1 is 1.12 bits per heavy atom. The van der Waals surface area contributed by atoms with Crippen LogP contribution in [0.2, 0.25) is 0 Å². The molecule has 1 saturated carbocycles. The first-order chi connectivity index (χ1) is 12.3. The summed E-state index contributed by atoms with van der Waals surface area (Å²) in [4.78, 5) is 5.33. The molecule has 0 amide bonds. The number of nitrogens with zero attached hydrogens (tertiary/aromatic N) is 1. The van der Waals surface area contributed by atoms with Gasteiger partial charge in [-0.05, 0) is 54.5 Å². The van der Waals surface area contributed by atoms with E-state index in [0.717, 1.165) is 28.2 Å². The third-order valence-electron chi connectivity index (χ3n) is 5.36. The number of hydrogen-bond donors (Lipinski definition) is 0. The van der Waals surface area contributed by atoms with Crippen LogP contribution in [0.1, 0.15) is 41.9 Å². The largest absolute Gasteiger partial charge is 0.419 e. The lowest BCUT2D eigenvalue weighted by atomic mass is 9.65. The zero-order chi connectivity index (χ0) is 18.5. The lowest BCUT2D eigenvalue weighted by molar-refractivity contribution is -0.140.